The number of rotatable bonds is 51. The van der Waals surface area contributed by atoms with Crippen molar-refractivity contribution in [1.82, 2.24) is 0 Å². The third-order valence-electron chi connectivity index (χ3n) is 12.1. The molecule has 394 valence electrons. The maximum absolute atomic E-state index is 12.8. The van der Waals surface area contributed by atoms with Crippen molar-refractivity contribution in [3.05, 3.63) is 97.2 Å². The first-order valence-electron chi connectivity index (χ1n) is 28.7. The molecule has 69 heavy (non-hydrogen) atoms. The molecule has 0 N–H and O–H groups in total. The van der Waals surface area contributed by atoms with Gasteiger partial charge in [-0.25, -0.2) is 0 Å². The summed E-state index contributed by atoms with van der Waals surface area (Å²) in [6.07, 6.45) is 75.5. The topological polar surface area (TPSA) is 78.9 Å². The highest BCUT2D eigenvalue weighted by Gasteiger charge is 2.19. The summed E-state index contributed by atoms with van der Waals surface area (Å²) >= 11 is 0. The minimum absolute atomic E-state index is 0.106. The summed E-state index contributed by atoms with van der Waals surface area (Å²) in [5, 5.41) is 0. The zero-order valence-electron chi connectivity index (χ0n) is 45.0. The lowest BCUT2D eigenvalue weighted by Crippen LogP contribution is -2.30. The van der Waals surface area contributed by atoms with E-state index in [0.717, 1.165) is 89.9 Å². The molecule has 0 saturated carbocycles. The fourth-order valence-corrected chi connectivity index (χ4v) is 7.75. The standard InChI is InChI=1S/C63H106O6/c1-4-7-10-13-16-19-22-25-28-30-31-33-36-38-41-44-47-50-53-56-62(65)68-59-60(69-63(66)57-54-51-48-45-42-39-34-27-24-21-18-15-12-9-6-3)58-67-61(64)55-52-49-46-43-40-37-35-32-29-26-23-20-17-14-11-8-5-2/h7,10,16,19,25-29,31,33-34,38,41,47,50,60H,4-6,8-9,11-15,17-18,20-24,30,32,35-37,39-40,42-46,48-49,51-59H2,1-3H3/b10-7-,19-16-,28-25-,29-26-,33-31-,34-27-,41-38-,50-47-/t60-/m0/s1. The first-order valence-corrected chi connectivity index (χ1v) is 28.7. The molecule has 0 heterocycles. The maximum atomic E-state index is 12.8. The molecule has 0 unspecified atom stereocenters. The molecule has 1 atom stereocenters. The van der Waals surface area contributed by atoms with Gasteiger partial charge in [0.1, 0.15) is 13.2 Å². The van der Waals surface area contributed by atoms with E-state index in [2.05, 4.69) is 112 Å². The Morgan fingerprint density at radius 2 is 0.594 bits per heavy atom. The number of ether oxygens (including phenoxy) is 3. The molecular formula is C63H106O6. The minimum Gasteiger partial charge on any atom is -0.462 e. The van der Waals surface area contributed by atoms with Gasteiger partial charge >= 0.3 is 17.9 Å². The van der Waals surface area contributed by atoms with Crippen LogP contribution in [0.3, 0.4) is 0 Å². The molecule has 0 rings (SSSR count). The quantitative estimate of drug-likeness (QED) is 0.0262. The van der Waals surface area contributed by atoms with E-state index < -0.39 is 6.10 Å². The van der Waals surface area contributed by atoms with Crippen molar-refractivity contribution < 1.29 is 28.6 Å². The molecule has 6 nitrogen and oxygen atoms in total. The highest BCUT2D eigenvalue weighted by Crippen LogP contribution is 2.14. The van der Waals surface area contributed by atoms with Gasteiger partial charge in [-0.3, -0.25) is 14.4 Å². The normalized spacial score (nSPS) is 12.8. The van der Waals surface area contributed by atoms with Gasteiger partial charge < -0.3 is 14.2 Å². The molecule has 0 aromatic carbocycles. The van der Waals surface area contributed by atoms with Gasteiger partial charge in [-0.05, 0) is 109 Å². The Morgan fingerprint density at radius 1 is 0.304 bits per heavy atom. The van der Waals surface area contributed by atoms with Gasteiger partial charge in [0, 0.05) is 19.3 Å². The number of carbonyl (C=O) groups is 3. The minimum atomic E-state index is -0.815. The van der Waals surface area contributed by atoms with Crippen molar-refractivity contribution in [3.63, 3.8) is 0 Å². The third-order valence-corrected chi connectivity index (χ3v) is 12.1. The van der Waals surface area contributed by atoms with Crippen LogP contribution in [0.5, 0.6) is 0 Å². The van der Waals surface area contributed by atoms with Crippen LogP contribution in [0.25, 0.3) is 0 Å². The molecule has 0 spiro atoms. The van der Waals surface area contributed by atoms with Crippen LogP contribution < -0.4 is 0 Å². The van der Waals surface area contributed by atoms with Gasteiger partial charge in [0.15, 0.2) is 6.10 Å². The second-order valence-electron chi connectivity index (χ2n) is 18.8. The molecule has 0 saturated heterocycles. The van der Waals surface area contributed by atoms with E-state index in [-0.39, 0.29) is 37.5 Å². The average Bonchev–Trinajstić information content (AvgIpc) is 3.35. The zero-order valence-corrected chi connectivity index (χ0v) is 45.0. The summed E-state index contributed by atoms with van der Waals surface area (Å²) in [7, 11) is 0. The lowest BCUT2D eigenvalue weighted by molar-refractivity contribution is -0.166. The second-order valence-corrected chi connectivity index (χ2v) is 18.8. The molecule has 0 amide bonds. The van der Waals surface area contributed by atoms with Crippen LogP contribution in [0.1, 0.15) is 265 Å². The molecule has 0 aliphatic heterocycles. The Hall–Kier alpha value is -3.67. The largest absolute Gasteiger partial charge is 0.462 e. The molecule has 0 aromatic heterocycles. The van der Waals surface area contributed by atoms with Crippen molar-refractivity contribution in [2.75, 3.05) is 13.2 Å². The van der Waals surface area contributed by atoms with Crippen LogP contribution in [0.2, 0.25) is 0 Å². The molecular weight excluding hydrogens is 853 g/mol. The molecule has 0 aliphatic rings. The van der Waals surface area contributed by atoms with E-state index in [1.807, 2.05) is 6.08 Å². The van der Waals surface area contributed by atoms with Crippen LogP contribution >= 0.6 is 0 Å². The smallest absolute Gasteiger partial charge is 0.306 e. The summed E-state index contributed by atoms with van der Waals surface area (Å²) in [6, 6.07) is 0. The van der Waals surface area contributed by atoms with Gasteiger partial charge in [-0.2, -0.15) is 0 Å². The number of hydrogen-bond acceptors (Lipinski definition) is 6. The van der Waals surface area contributed by atoms with Crippen LogP contribution in [0.15, 0.2) is 97.2 Å². The molecule has 0 fully saturated rings. The molecule has 0 bridgehead atoms. The van der Waals surface area contributed by atoms with Crippen LogP contribution in [-0.4, -0.2) is 37.2 Å². The molecule has 0 aliphatic carbocycles. The Kier molecular flexibility index (Phi) is 53.9. The van der Waals surface area contributed by atoms with E-state index in [9.17, 15) is 14.4 Å². The van der Waals surface area contributed by atoms with E-state index in [1.165, 1.54) is 128 Å². The van der Waals surface area contributed by atoms with E-state index >= 15 is 0 Å². The Bertz CT molecular complexity index is 1380. The number of carbonyl (C=O) groups excluding carboxylic acids is 3. The first kappa shape index (κ1) is 65.3. The lowest BCUT2D eigenvalue weighted by atomic mass is 10.1. The van der Waals surface area contributed by atoms with Gasteiger partial charge in [-0.1, -0.05) is 234 Å². The fourth-order valence-electron chi connectivity index (χ4n) is 7.75. The van der Waals surface area contributed by atoms with Crippen molar-refractivity contribution in [1.29, 1.82) is 0 Å². The lowest BCUT2D eigenvalue weighted by Gasteiger charge is -2.18. The highest BCUT2D eigenvalue weighted by molar-refractivity contribution is 5.71. The summed E-state index contributed by atoms with van der Waals surface area (Å²) in [4.78, 5) is 38.1. The zero-order chi connectivity index (χ0) is 50.0. The van der Waals surface area contributed by atoms with Gasteiger partial charge in [0.2, 0.25) is 0 Å². The van der Waals surface area contributed by atoms with Gasteiger partial charge in [0.25, 0.3) is 0 Å². The number of hydrogen-bond donors (Lipinski definition) is 0. The third kappa shape index (κ3) is 55.1. The summed E-state index contributed by atoms with van der Waals surface area (Å²) < 4.78 is 16.8. The predicted molar refractivity (Wildman–Crippen MR) is 297 cm³/mol. The van der Waals surface area contributed by atoms with Crippen molar-refractivity contribution in [2.45, 2.75) is 271 Å². The van der Waals surface area contributed by atoms with Crippen molar-refractivity contribution in [2.24, 2.45) is 0 Å². The van der Waals surface area contributed by atoms with E-state index in [1.54, 1.807) is 0 Å². The van der Waals surface area contributed by atoms with Gasteiger partial charge in [0.05, 0.1) is 0 Å². The second kappa shape index (κ2) is 56.9. The molecule has 0 radical (unpaired) electrons. The van der Waals surface area contributed by atoms with Crippen LogP contribution in [-0.2, 0) is 28.6 Å². The predicted octanol–water partition coefficient (Wildman–Crippen LogP) is 19.3. The van der Waals surface area contributed by atoms with Crippen LogP contribution in [0.4, 0.5) is 0 Å². The number of esters is 3. The fraction of sp³-hybridized carbons (Fsp3) is 0.698. The average molecular weight is 960 g/mol. The van der Waals surface area contributed by atoms with Crippen molar-refractivity contribution >= 4 is 17.9 Å². The molecule has 0 aromatic rings. The SMILES string of the molecule is CC/C=C\C/C=C\C/C=C\C/C=C\C/C=C\C/C=C\CCC(=O)OC[C@H](COC(=O)CCCCCCCCC/C=C\CCCCCCCC)OC(=O)CCCCCCC/C=C\CCCCCCCC. The first-order chi connectivity index (χ1) is 34.0. The molecule has 6 heteroatoms. The Labute approximate surface area is 426 Å². The Morgan fingerprint density at radius 3 is 0.971 bits per heavy atom. The number of unbranched alkanes of at least 4 members (excludes halogenated alkanes) is 24. The van der Waals surface area contributed by atoms with E-state index in [0.29, 0.717) is 19.3 Å². The Balaban J connectivity index is 4.51. The van der Waals surface area contributed by atoms with Crippen molar-refractivity contribution in [3.8, 4) is 0 Å². The van der Waals surface area contributed by atoms with E-state index in [4.69, 9.17) is 14.2 Å². The highest BCUT2D eigenvalue weighted by atomic mass is 16.6. The number of allylic oxidation sites excluding steroid dienone is 16. The summed E-state index contributed by atoms with van der Waals surface area (Å²) in [5.41, 5.74) is 0. The van der Waals surface area contributed by atoms with Crippen LogP contribution in [0, 0.1) is 0 Å². The summed E-state index contributed by atoms with van der Waals surface area (Å²) in [6.45, 7) is 6.45. The monoisotopic (exact) mass is 959 g/mol. The summed E-state index contributed by atoms with van der Waals surface area (Å²) in [5.74, 6) is -1.00. The maximum Gasteiger partial charge on any atom is 0.306 e. The van der Waals surface area contributed by atoms with Gasteiger partial charge in [-0.15, -0.1) is 0 Å².